The minimum Gasteiger partial charge on any atom is -0.128 e. The van der Waals surface area contributed by atoms with Crippen LogP contribution in [0.3, 0.4) is 0 Å². The predicted molar refractivity (Wildman–Crippen MR) is 68.7 cm³/mol. The van der Waals surface area contributed by atoms with Crippen molar-refractivity contribution in [2.45, 2.75) is 19.2 Å². The Labute approximate surface area is 104 Å². The zero-order valence-corrected chi connectivity index (χ0v) is 12.0. The highest BCUT2D eigenvalue weighted by molar-refractivity contribution is 9.13. The summed E-state index contributed by atoms with van der Waals surface area (Å²) in [6.07, 6.45) is 2.11. The van der Waals surface area contributed by atoms with Gasteiger partial charge in [-0.25, -0.2) is 0 Å². The van der Waals surface area contributed by atoms with Gasteiger partial charge >= 0.3 is 0 Å². The summed E-state index contributed by atoms with van der Waals surface area (Å²) in [7, 11) is 0. The number of alkyl halides is 1. The van der Waals surface area contributed by atoms with Gasteiger partial charge in [0, 0.05) is 9.35 Å². The van der Waals surface area contributed by atoms with E-state index in [1.165, 1.54) is 10.5 Å². The molecule has 1 rings (SSSR count). The molecule has 13 heavy (non-hydrogen) atoms. The number of allylic oxidation sites excluding steroid dienone is 1. The molecule has 0 aliphatic carbocycles. The second-order valence-corrected chi connectivity index (χ2v) is 6.69. The van der Waals surface area contributed by atoms with Crippen LogP contribution in [0.15, 0.2) is 19.9 Å². The molecule has 0 radical (unpaired) electrons. The molecule has 0 aliphatic rings. The Balaban J connectivity index is 2.91. The molecule has 0 aliphatic heterocycles. The van der Waals surface area contributed by atoms with Gasteiger partial charge in [0.1, 0.15) is 0 Å². The van der Waals surface area contributed by atoms with Crippen molar-refractivity contribution >= 4 is 60.9 Å². The number of hydrogen-bond donors (Lipinski definition) is 0. The van der Waals surface area contributed by atoms with Gasteiger partial charge in [-0.3, -0.25) is 0 Å². The minimum atomic E-state index is 0.0969. The molecule has 1 atom stereocenters. The van der Waals surface area contributed by atoms with Gasteiger partial charge in [0.25, 0.3) is 0 Å². The van der Waals surface area contributed by atoms with Gasteiger partial charge in [0.2, 0.25) is 0 Å². The van der Waals surface area contributed by atoms with Gasteiger partial charge in [-0.05, 0) is 57.8 Å². The number of hydrogen-bond acceptors (Lipinski definition) is 1. The maximum atomic E-state index is 5.94. The average molecular weight is 344 g/mol. The standard InChI is InChI=1S/C9H9Br2ClS/c1-5(6(2)12)3-7-4-8(10)9(11)13-7/h3-4,6H,1-2H3/b5-3+. The lowest BCUT2D eigenvalue weighted by atomic mass is 10.2. The fourth-order valence-corrected chi connectivity index (χ4v) is 2.94. The zero-order valence-electron chi connectivity index (χ0n) is 7.27. The van der Waals surface area contributed by atoms with Gasteiger partial charge in [0.15, 0.2) is 0 Å². The predicted octanol–water partition coefficient (Wildman–Crippen LogP) is 5.30. The van der Waals surface area contributed by atoms with Crippen LogP contribution in [0.4, 0.5) is 0 Å². The highest BCUT2D eigenvalue weighted by Crippen LogP contribution is 2.33. The Morgan fingerprint density at radius 1 is 1.62 bits per heavy atom. The summed E-state index contributed by atoms with van der Waals surface area (Å²) in [5, 5.41) is 0.0969. The Morgan fingerprint density at radius 3 is 2.62 bits per heavy atom. The summed E-state index contributed by atoms with van der Waals surface area (Å²) in [4.78, 5) is 1.21. The first-order valence-electron chi connectivity index (χ1n) is 3.78. The first-order valence-corrected chi connectivity index (χ1v) is 6.61. The van der Waals surface area contributed by atoms with E-state index in [1.807, 2.05) is 13.8 Å². The summed E-state index contributed by atoms with van der Waals surface area (Å²) >= 11 is 14.5. The van der Waals surface area contributed by atoms with Gasteiger partial charge in [-0.2, -0.15) is 0 Å². The van der Waals surface area contributed by atoms with Crippen LogP contribution in [0.1, 0.15) is 18.7 Å². The smallest absolute Gasteiger partial charge is 0.0846 e. The van der Waals surface area contributed by atoms with Gasteiger partial charge in [-0.15, -0.1) is 22.9 Å². The third-order valence-corrected chi connectivity index (χ3v) is 5.21. The molecule has 72 valence electrons. The Kier molecular flexibility index (Phi) is 4.49. The Hall–Kier alpha value is 0.690. The van der Waals surface area contributed by atoms with Crippen molar-refractivity contribution in [2.75, 3.05) is 0 Å². The van der Waals surface area contributed by atoms with E-state index < -0.39 is 0 Å². The molecule has 1 aromatic rings. The molecule has 0 bridgehead atoms. The molecule has 1 unspecified atom stereocenters. The summed E-state index contributed by atoms with van der Waals surface area (Å²) < 4.78 is 2.22. The Morgan fingerprint density at radius 2 is 2.23 bits per heavy atom. The normalized spacial score (nSPS) is 14.7. The molecular weight excluding hydrogens is 335 g/mol. The van der Waals surface area contributed by atoms with E-state index in [4.69, 9.17) is 11.6 Å². The lowest BCUT2D eigenvalue weighted by Crippen LogP contribution is -1.90. The highest BCUT2D eigenvalue weighted by Gasteiger charge is 2.04. The fraction of sp³-hybridized carbons (Fsp3) is 0.333. The number of halogens is 3. The summed E-state index contributed by atoms with van der Waals surface area (Å²) in [5.74, 6) is 0. The maximum Gasteiger partial charge on any atom is 0.0846 e. The van der Waals surface area contributed by atoms with Crippen LogP contribution in [-0.2, 0) is 0 Å². The van der Waals surface area contributed by atoms with Crippen LogP contribution in [0.2, 0.25) is 0 Å². The van der Waals surface area contributed by atoms with Crippen LogP contribution in [0.5, 0.6) is 0 Å². The van der Waals surface area contributed by atoms with E-state index in [0.29, 0.717) is 0 Å². The van der Waals surface area contributed by atoms with Crippen molar-refractivity contribution in [3.05, 3.63) is 24.8 Å². The largest absolute Gasteiger partial charge is 0.128 e. The number of thiophene rings is 1. The molecule has 4 heteroatoms. The molecule has 0 N–H and O–H groups in total. The van der Waals surface area contributed by atoms with E-state index in [-0.39, 0.29) is 5.38 Å². The third-order valence-electron chi connectivity index (χ3n) is 1.66. The summed E-state index contributed by atoms with van der Waals surface area (Å²) in [5.41, 5.74) is 1.18. The van der Waals surface area contributed by atoms with Crippen molar-refractivity contribution in [2.24, 2.45) is 0 Å². The second-order valence-electron chi connectivity index (χ2n) is 2.77. The van der Waals surface area contributed by atoms with Gasteiger partial charge in [0.05, 0.1) is 9.16 Å². The SMILES string of the molecule is C/C(=C\c1cc(Br)c(Br)s1)C(C)Cl. The molecule has 0 amide bonds. The van der Waals surface area contributed by atoms with Crippen LogP contribution >= 0.6 is 54.8 Å². The van der Waals surface area contributed by atoms with Crippen LogP contribution in [-0.4, -0.2) is 5.38 Å². The van der Waals surface area contributed by atoms with E-state index >= 15 is 0 Å². The lowest BCUT2D eigenvalue weighted by Gasteiger charge is -2.00. The topological polar surface area (TPSA) is 0 Å². The third kappa shape index (κ3) is 3.39. The molecule has 1 aromatic heterocycles. The summed E-state index contributed by atoms with van der Waals surface area (Å²) in [6.45, 7) is 4.02. The van der Waals surface area contributed by atoms with Crippen molar-refractivity contribution in [1.29, 1.82) is 0 Å². The van der Waals surface area contributed by atoms with Crippen molar-refractivity contribution in [3.8, 4) is 0 Å². The molecular formula is C9H9Br2ClS. The lowest BCUT2D eigenvalue weighted by molar-refractivity contribution is 1.12. The van der Waals surface area contributed by atoms with Crippen molar-refractivity contribution < 1.29 is 0 Å². The van der Waals surface area contributed by atoms with E-state index in [1.54, 1.807) is 11.3 Å². The molecule has 0 saturated heterocycles. The maximum absolute atomic E-state index is 5.94. The minimum absolute atomic E-state index is 0.0969. The zero-order chi connectivity index (χ0) is 10.0. The van der Waals surface area contributed by atoms with Crippen LogP contribution in [0, 0.1) is 0 Å². The second kappa shape index (κ2) is 4.96. The van der Waals surface area contributed by atoms with Crippen LogP contribution < -0.4 is 0 Å². The van der Waals surface area contributed by atoms with E-state index in [2.05, 4.69) is 44.0 Å². The van der Waals surface area contributed by atoms with E-state index in [9.17, 15) is 0 Å². The van der Waals surface area contributed by atoms with E-state index in [0.717, 1.165) is 8.26 Å². The molecule has 0 fully saturated rings. The van der Waals surface area contributed by atoms with Crippen molar-refractivity contribution in [1.82, 2.24) is 0 Å². The average Bonchev–Trinajstić information content (AvgIpc) is 2.31. The molecule has 1 heterocycles. The monoisotopic (exact) mass is 342 g/mol. The first kappa shape index (κ1) is 11.8. The molecule has 0 nitrogen and oxygen atoms in total. The Bertz CT molecular complexity index is 309. The molecule has 0 spiro atoms. The van der Waals surface area contributed by atoms with Gasteiger partial charge < -0.3 is 0 Å². The highest BCUT2D eigenvalue weighted by atomic mass is 79.9. The van der Waals surface area contributed by atoms with Crippen molar-refractivity contribution in [3.63, 3.8) is 0 Å². The molecule has 0 saturated carbocycles. The summed E-state index contributed by atoms with van der Waals surface area (Å²) in [6, 6.07) is 2.08. The fourth-order valence-electron chi connectivity index (χ4n) is 0.774. The quantitative estimate of drug-likeness (QED) is 0.638. The van der Waals surface area contributed by atoms with Gasteiger partial charge in [-0.1, -0.05) is 5.57 Å². The first-order chi connectivity index (χ1) is 6.00. The molecule has 0 aromatic carbocycles. The van der Waals surface area contributed by atoms with Crippen LogP contribution in [0.25, 0.3) is 6.08 Å². The number of rotatable bonds is 2.